The average Bonchev–Trinajstić information content (AvgIpc) is 2.17. The molecule has 0 saturated carbocycles. The third-order valence-corrected chi connectivity index (χ3v) is 2.14. The van der Waals surface area contributed by atoms with E-state index in [2.05, 4.69) is 22.2 Å². The molecule has 1 unspecified atom stereocenters. The summed E-state index contributed by atoms with van der Waals surface area (Å²) < 4.78 is 0. The molecule has 0 spiro atoms. The van der Waals surface area contributed by atoms with Crippen LogP contribution in [0.25, 0.3) is 0 Å². The lowest BCUT2D eigenvalue weighted by atomic mass is 10.1. The van der Waals surface area contributed by atoms with Gasteiger partial charge in [-0.15, -0.1) is 0 Å². The second kappa shape index (κ2) is 5.54. The number of nitrogens with one attached hydrogen (secondary N) is 1. The number of rotatable bonds is 5. The van der Waals surface area contributed by atoms with E-state index in [1.807, 2.05) is 13.0 Å². The van der Waals surface area contributed by atoms with Gasteiger partial charge in [-0.2, -0.15) is 0 Å². The van der Waals surface area contributed by atoms with Gasteiger partial charge in [-0.1, -0.05) is 6.92 Å². The normalized spacial score (nSPS) is 12.5. The van der Waals surface area contributed by atoms with Gasteiger partial charge in [0, 0.05) is 12.2 Å². The van der Waals surface area contributed by atoms with Crippen LogP contribution in [0.4, 0.5) is 5.82 Å². The Kier molecular flexibility index (Phi) is 4.32. The first-order chi connectivity index (χ1) is 6.76. The van der Waals surface area contributed by atoms with E-state index in [0.29, 0.717) is 12.6 Å². The van der Waals surface area contributed by atoms with Crippen LogP contribution in [0, 0.1) is 6.92 Å². The lowest BCUT2D eigenvalue weighted by molar-refractivity contribution is 0.639. The van der Waals surface area contributed by atoms with Crippen molar-refractivity contribution in [3.63, 3.8) is 0 Å². The first kappa shape index (κ1) is 10.9. The third-order valence-electron chi connectivity index (χ3n) is 2.14. The minimum atomic E-state index is 0.411. The highest BCUT2D eigenvalue weighted by Gasteiger charge is 2.05. The molecule has 14 heavy (non-hydrogen) atoms. The van der Waals surface area contributed by atoms with E-state index in [1.54, 1.807) is 6.20 Å². The molecule has 0 aliphatic rings. The summed E-state index contributed by atoms with van der Waals surface area (Å²) in [5.41, 5.74) is 5.52. The van der Waals surface area contributed by atoms with Gasteiger partial charge in [0.15, 0.2) is 0 Å². The molecule has 1 rings (SSSR count). The lowest BCUT2D eigenvalue weighted by Crippen LogP contribution is -2.22. The van der Waals surface area contributed by atoms with Gasteiger partial charge in [0.05, 0.1) is 0 Å². The Hall–Kier alpha value is -1.16. The zero-order chi connectivity index (χ0) is 10.4. The van der Waals surface area contributed by atoms with E-state index in [4.69, 9.17) is 5.73 Å². The maximum Gasteiger partial charge on any atom is 0.129 e. The Bertz CT molecular complexity index is 275. The molecule has 0 saturated heterocycles. The quantitative estimate of drug-likeness (QED) is 0.742. The maximum absolute atomic E-state index is 5.52. The standard InChI is InChI=1S/C10H18N4/c1-3-9(4-6-11)14-10-5-7-12-8(2)13-10/h5,7,9H,3-4,6,11H2,1-2H3,(H,12,13,14). The van der Waals surface area contributed by atoms with Crippen molar-refractivity contribution in [3.05, 3.63) is 18.1 Å². The highest BCUT2D eigenvalue weighted by atomic mass is 15.0. The van der Waals surface area contributed by atoms with Crippen LogP contribution in [0.2, 0.25) is 0 Å². The molecule has 4 nitrogen and oxygen atoms in total. The van der Waals surface area contributed by atoms with Crippen molar-refractivity contribution in [2.24, 2.45) is 5.73 Å². The number of aryl methyl sites for hydroxylation is 1. The van der Waals surface area contributed by atoms with Crippen molar-refractivity contribution >= 4 is 5.82 Å². The van der Waals surface area contributed by atoms with Crippen molar-refractivity contribution in [2.75, 3.05) is 11.9 Å². The van der Waals surface area contributed by atoms with Gasteiger partial charge in [-0.3, -0.25) is 0 Å². The van der Waals surface area contributed by atoms with Crippen LogP contribution < -0.4 is 11.1 Å². The smallest absolute Gasteiger partial charge is 0.129 e. The number of hydrogen-bond acceptors (Lipinski definition) is 4. The molecule has 0 radical (unpaired) electrons. The molecular weight excluding hydrogens is 176 g/mol. The summed E-state index contributed by atoms with van der Waals surface area (Å²) in [4.78, 5) is 8.32. The van der Waals surface area contributed by atoms with Crippen molar-refractivity contribution in [1.29, 1.82) is 0 Å². The molecule has 0 aliphatic carbocycles. The molecule has 0 bridgehead atoms. The molecule has 3 N–H and O–H groups in total. The van der Waals surface area contributed by atoms with Crippen molar-refractivity contribution in [1.82, 2.24) is 9.97 Å². The number of hydrogen-bond donors (Lipinski definition) is 2. The first-order valence-electron chi connectivity index (χ1n) is 5.02. The van der Waals surface area contributed by atoms with Gasteiger partial charge in [0.2, 0.25) is 0 Å². The Balaban J connectivity index is 2.57. The molecule has 1 aromatic rings. The monoisotopic (exact) mass is 194 g/mol. The second-order valence-electron chi connectivity index (χ2n) is 3.32. The van der Waals surface area contributed by atoms with Gasteiger partial charge in [-0.05, 0) is 32.4 Å². The van der Waals surface area contributed by atoms with Crippen LogP contribution in [0.3, 0.4) is 0 Å². The number of anilines is 1. The fraction of sp³-hybridized carbons (Fsp3) is 0.600. The first-order valence-corrected chi connectivity index (χ1v) is 5.02. The van der Waals surface area contributed by atoms with E-state index in [0.717, 1.165) is 24.5 Å². The molecule has 0 amide bonds. The fourth-order valence-corrected chi connectivity index (χ4v) is 1.33. The summed E-state index contributed by atoms with van der Waals surface area (Å²) in [6.07, 6.45) is 3.79. The minimum Gasteiger partial charge on any atom is -0.367 e. The Morgan fingerprint density at radius 1 is 1.57 bits per heavy atom. The topological polar surface area (TPSA) is 63.8 Å². The minimum absolute atomic E-state index is 0.411. The van der Waals surface area contributed by atoms with Crippen LogP contribution in [-0.4, -0.2) is 22.6 Å². The molecule has 4 heteroatoms. The molecule has 1 aromatic heterocycles. The maximum atomic E-state index is 5.52. The zero-order valence-electron chi connectivity index (χ0n) is 8.83. The van der Waals surface area contributed by atoms with Gasteiger partial charge in [0.1, 0.15) is 11.6 Å². The second-order valence-corrected chi connectivity index (χ2v) is 3.32. The summed E-state index contributed by atoms with van der Waals surface area (Å²) in [7, 11) is 0. The van der Waals surface area contributed by atoms with Gasteiger partial charge < -0.3 is 11.1 Å². The molecule has 0 aliphatic heterocycles. The molecule has 78 valence electrons. The lowest BCUT2D eigenvalue weighted by Gasteiger charge is -2.16. The van der Waals surface area contributed by atoms with E-state index in [1.165, 1.54) is 0 Å². The number of nitrogens with two attached hydrogens (primary N) is 1. The summed E-state index contributed by atoms with van der Waals surface area (Å²) >= 11 is 0. The van der Waals surface area contributed by atoms with E-state index >= 15 is 0 Å². The van der Waals surface area contributed by atoms with Gasteiger partial charge >= 0.3 is 0 Å². The van der Waals surface area contributed by atoms with Crippen molar-refractivity contribution in [3.8, 4) is 0 Å². The van der Waals surface area contributed by atoms with Crippen molar-refractivity contribution < 1.29 is 0 Å². The zero-order valence-corrected chi connectivity index (χ0v) is 8.83. The third kappa shape index (κ3) is 3.30. The van der Waals surface area contributed by atoms with Crippen LogP contribution in [0.5, 0.6) is 0 Å². The molecular formula is C10H18N4. The molecule has 1 atom stereocenters. The van der Waals surface area contributed by atoms with Crippen LogP contribution in [0.15, 0.2) is 12.3 Å². The average molecular weight is 194 g/mol. The van der Waals surface area contributed by atoms with Crippen molar-refractivity contribution in [2.45, 2.75) is 32.7 Å². The molecule has 0 fully saturated rings. The SMILES string of the molecule is CCC(CCN)Nc1ccnc(C)n1. The predicted octanol–water partition coefficient (Wildman–Crippen LogP) is 1.32. The number of nitrogens with zero attached hydrogens (tertiary/aromatic N) is 2. The van der Waals surface area contributed by atoms with E-state index < -0.39 is 0 Å². The van der Waals surface area contributed by atoms with E-state index in [9.17, 15) is 0 Å². The van der Waals surface area contributed by atoms with Crippen LogP contribution in [-0.2, 0) is 0 Å². The summed E-state index contributed by atoms with van der Waals surface area (Å²) in [6.45, 7) is 4.73. The van der Waals surface area contributed by atoms with E-state index in [-0.39, 0.29) is 0 Å². The Morgan fingerprint density at radius 2 is 2.36 bits per heavy atom. The predicted molar refractivity (Wildman–Crippen MR) is 58.1 cm³/mol. The fourth-order valence-electron chi connectivity index (χ4n) is 1.33. The summed E-state index contributed by atoms with van der Waals surface area (Å²) in [6, 6.07) is 2.29. The van der Waals surface area contributed by atoms with Crippen LogP contribution in [0.1, 0.15) is 25.6 Å². The molecule has 0 aromatic carbocycles. The highest BCUT2D eigenvalue weighted by molar-refractivity contribution is 5.33. The Morgan fingerprint density at radius 3 is 2.93 bits per heavy atom. The summed E-state index contributed by atoms with van der Waals surface area (Å²) in [5.74, 6) is 1.68. The summed E-state index contributed by atoms with van der Waals surface area (Å²) in [5, 5.41) is 3.34. The largest absolute Gasteiger partial charge is 0.367 e. The van der Waals surface area contributed by atoms with Crippen LogP contribution >= 0.6 is 0 Å². The Labute approximate surface area is 85.0 Å². The molecule has 1 heterocycles. The van der Waals surface area contributed by atoms with Gasteiger partial charge in [0.25, 0.3) is 0 Å². The number of aromatic nitrogens is 2. The van der Waals surface area contributed by atoms with Gasteiger partial charge in [-0.25, -0.2) is 9.97 Å². The highest BCUT2D eigenvalue weighted by Crippen LogP contribution is 2.07.